The predicted molar refractivity (Wildman–Crippen MR) is 106 cm³/mol. The van der Waals surface area contributed by atoms with Crippen LogP contribution in [0.2, 0.25) is 0 Å². The van der Waals surface area contributed by atoms with Crippen molar-refractivity contribution >= 4 is 16.9 Å². The van der Waals surface area contributed by atoms with Crippen molar-refractivity contribution in [1.29, 1.82) is 0 Å². The Labute approximate surface area is 170 Å². The molecule has 2 heterocycles. The molecule has 0 aliphatic rings. The molecule has 0 fully saturated rings. The zero-order valence-electron chi connectivity index (χ0n) is 15.7. The molecule has 0 unspecified atom stereocenters. The van der Waals surface area contributed by atoms with Gasteiger partial charge in [-0.2, -0.15) is 13.2 Å². The van der Waals surface area contributed by atoms with E-state index in [4.69, 9.17) is 0 Å². The van der Waals surface area contributed by atoms with Crippen LogP contribution < -0.4 is 5.32 Å². The number of pyridine rings is 1. The molecule has 0 saturated heterocycles. The summed E-state index contributed by atoms with van der Waals surface area (Å²) in [5, 5.41) is 2.71. The molecular weight excluding hydrogens is 393 g/mol. The van der Waals surface area contributed by atoms with Crippen molar-refractivity contribution in [2.24, 2.45) is 0 Å². The van der Waals surface area contributed by atoms with Crippen LogP contribution in [0.25, 0.3) is 16.9 Å². The maximum absolute atomic E-state index is 12.8. The highest BCUT2D eigenvalue weighted by Crippen LogP contribution is 2.29. The second-order valence-electron chi connectivity index (χ2n) is 6.78. The number of hydrogen-bond donors (Lipinski definition) is 1. The third kappa shape index (κ3) is 4.32. The molecule has 0 bridgehead atoms. The number of nitrogens with one attached hydrogen (secondary N) is 1. The molecule has 8 heteroatoms. The lowest BCUT2D eigenvalue weighted by Crippen LogP contribution is -2.24. The first-order valence-electron chi connectivity index (χ1n) is 9.20. The Morgan fingerprint density at radius 1 is 0.967 bits per heavy atom. The van der Waals surface area contributed by atoms with E-state index in [1.807, 2.05) is 41.0 Å². The van der Waals surface area contributed by atoms with Crippen LogP contribution in [0.4, 0.5) is 13.2 Å². The number of hydrogen-bond acceptors (Lipinski definition) is 3. The highest BCUT2D eigenvalue weighted by Gasteiger charge is 2.30. The minimum atomic E-state index is -4.43. The van der Waals surface area contributed by atoms with Gasteiger partial charge < -0.3 is 5.32 Å². The molecule has 0 spiro atoms. The summed E-state index contributed by atoms with van der Waals surface area (Å²) >= 11 is 0. The van der Waals surface area contributed by atoms with Crippen molar-refractivity contribution in [3.63, 3.8) is 0 Å². The number of aromatic nitrogens is 3. The number of imidazole rings is 1. The van der Waals surface area contributed by atoms with Crippen LogP contribution in [-0.2, 0) is 23.9 Å². The number of para-hydroxylation sites is 2. The summed E-state index contributed by atoms with van der Waals surface area (Å²) in [6, 6.07) is 16.1. The van der Waals surface area contributed by atoms with Crippen molar-refractivity contribution in [1.82, 2.24) is 19.9 Å². The van der Waals surface area contributed by atoms with Gasteiger partial charge >= 0.3 is 6.18 Å². The molecular formula is C22H17F3N4O. The first-order chi connectivity index (χ1) is 14.4. The quantitative estimate of drug-likeness (QED) is 0.534. The van der Waals surface area contributed by atoms with Gasteiger partial charge in [-0.1, -0.05) is 36.4 Å². The third-order valence-corrected chi connectivity index (χ3v) is 4.62. The van der Waals surface area contributed by atoms with E-state index in [1.54, 1.807) is 12.5 Å². The van der Waals surface area contributed by atoms with E-state index in [0.29, 0.717) is 11.4 Å². The second-order valence-corrected chi connectivity index (χ2v) is 6.78. The normalized spacial score (nSPS) is 11.6. The van der Waals surface area contributed by atoms with Gasteiger partial charge in [-0.25, -0.2) is 9.97 Å². The van der Waals surface area contributed by atoms with Gasteiger partial charge in [0, 0.05) is 12.7 Å². The van der Waals surface area contributed by atoms with Crippen molar-refractivity contribution in [2.45, 2.75) is 19.1 Å². The number of carbonyl (C=O) groups is 1. The lowest BCUT2D eigenvalue weighted by molar-refractivity contribution is -0.137. The molecule has 0 aliphatic heterocycles. The van der Waals surface area contributed by atoms with Crippen LogP contribution in [0, 0.1) is 0 Å². The summed E-state index contributed by atoms with van der Waals surface area (Å²) in [6.45, 7) is 0.232. The lowest BCUT2D eigenvalue weighted by atomic mass is 10.1. The highest BCUT2D eigenvalue weighted by molar-refractivity contribution is 5.78. The smallest absolute Gasteiger partial charge is 0.352 e. The Balaban J connectivity index is 1.38. The van der Waals surface area contributed by atoms with Crippen LogP contribution in [0.1, 0.15) is 16.7 Å². The average molecular weight is 410 g/mol. The monoisotopic (exact) mass is 410 g/mol. The van der Waals surface area contributed by atoms with Crippen LogP contribution in [0.15, 0.2) is 73.2 Å². The van der Waals surface area contributed by atoms with Crippen molar-refractivity contribution in [3.8, 4) is 5.82 Å². The molecule has 5 nitrogen and oxygen atoms in total. The first-order valence-corrected chi connectivity index (χ1v) is 9.20. The molecule has 4 aromatic rings. The second kappa shape index (κ2) is 7.98. The van der Waals surface area contributed by atoms with Crippen molar-refractivity contribution in [3.05, 3.63) is 89.9 Å². The van der Waals surface area contributed by atoms with Crippen LogP contribution in [0.5, 0.6) is 0 Å². The number of fused-ring (bicyclic) bond motifs is 1. The number of amides is 1. The molecule has 0 radical (unpaired) electrons. The maximum Gasteiger partial charge on any atom is 0.416 e. The standard InChI is InChI=1S/C22H17F3N4O/c23-22(24,25)17-5-3-4-15(10-17)11-21(30)27-13-16-8-9-20(26-12-16)29-14-28-18-6-1-2-7-19(18)29/h1-10,12,14H,11,13H2,(H,27,30). The van der Waals surface area contributed by atoms with Gasteiger partial charge in [-0.3, -0.25) is 9.36 Å². The maximum atomic E-state index is 12.8. The topological polar surface area (TPSA) is 59.8 Å². The van der Waals surface area contributed by atoms with E-state index < -0.39 is 11.7 Å². The van der Waals surface area contributed by atoms with Gasteiger partial charge in [0.05, 0.1) is 23.0 Å². The Morgan fingerprint density at radius 3 is 2.57 bits per heavy atom. The molecule has 4 rings (SSSR count). The van der Waals surface area contributed by atoms with Crippen molar-refractivity contribution < 1.29 is 18.0 Å². The molecule has 1 N–H and O–H groups in total. The molecule has 0 saturated carbocycles. The fraction of sp³-hybridized carbons (Fsp3) is 0.136. The molecule has 0 atom stereocenters. The van der Waals surface area contributed by atoms with E-state index in [2.05, 4.69) is 15.3 Å². The fourth-order valence-electron chi connectivity index (χ4n) is 3.11. The summed E-state index contributed by atoms with van der Waals surface area (Å²) < 4.78 is 40.2. The van der Waals surface area contributed by atoms with Crippen molar-refractivity contribution in [2.75, 3.05) is 0 Å². The molecule has 0 aliphatic carbocycles. The summed E-state index contributed by atoms with van der Waals surface area (Å²) in [5.41, 5.74) is 2.13. The minimum Gasteiger partial charge on any atom is -0.352 e. The zero-order chi connectivity index (χ0) is 21.1. The summed E-state index contributed by atoms with van der Waals surface area (Å²) in [7, 11) is 0. The Morgan fingerprint density at radius 2 is 1.80 bits per heavy atom. The van der Waals surface area contributed by atoms with Gasteiger partial charge in [0.15, 0.2) is 0 Å². The van der Waals surface area contributed by atoms with Gasteiger partial charge in [0.2, 0.25) is 5.91 Å². The van der Waals surface area contributed by atoms with E-state index in [1.165, 1.54) is 12.1 Å². The number of rotatable bonds is 5. The Kier molecular flexibility index (Phi) is 5.22. The largest absolute Gasteiger partial charge is 0.416 e. The summed E-state index contributed by atoms with van der Waals surface area (Å²) in [4.78, 5) is 20.9. The SMILES string of the molecule is O=C(Cc1cccc(C(F)(F)F)c1)NCc1ccc(-n2cnc3ccccc32)nc1. The first kappa shape index (κ1) is 19.6. The number of benzene rings is 2. The number of nitrogens with zero attached hydrogens (tertiary/aromatic N) is 3. The van der Waals surface area contributed by atoms with E-state index in [0.717, 1.165) is 28.7 Å². The molecule has 2 aromatic heterocycles. The van der Waals surface area contributed by atoms with Gasteiger partial charge in [0.1, 0.15) is 12.1 Å². The number of alkyl halides is 3. The molecule has 152 valence electrons. The number of carbonyl (C=O) groups excluding carboxylic acids is 1. The minimum absolute atomic E-state index is 0.129. The highest BCUT2D eigenvalue weighted by atomic mass is 19.4. The summed E-state index contributed by atoms with van der Waals surface area (Å²) in [5.74, 6) is 0.335. The van der Waals surface area contributed by atoms with E-state index in [9.17, 15) is 18.0 Å². The lowest BCUT2D eigenvalue weighted by Gasteiger charge is -2.09. The van der Waals surface area contributed by atoms with Crippen LogP contribution >= 0.6 is 0 Å². The number of halogens is 3. The van der Waals surface area contributed by atoms with Crippen LogP contribution in [0.3, 0.4) is 0 Å². The van der Waals surface area contributed by atoms with Gasteiger partial charge in [0.25, 0.3) is 0 Å². The average Bonchev–Trinajstić information content (AvgIpc) is 3.16. The third-order valence-electron chi connectivity index (χ3n) is 4.62. The Hall–Kier alpha value is -3.68. The van der Waals surface area contributed by atoms with Crippen LogP contribution in [-0.4, -0.2) is 20.4 Å². The molecule has 2 aromatic carbocycles. The Bertz CT molecular complexity index is 1180. The summed E-state index contributed by atoms with van der Waals surface area (Å²) in [6.07, 6.45) is -1.21. The van der Waals surface area contributed by atoms with Gasteiger partial charge in [-0.15, -0.1) is 0 Å². The van der Waals surface area contributed by atoms with E-state index >= 15 is 0 Å². The predicted octanol–water partition coefficient (Wildman–Crippen LogP) is 4.30. The molecule has 1 amide bonds. The fourth-order valence-corrected chi connectivity index (χ4v) is 3.11. The van der Waals surface area contributed by atoms with Gasteiger partial charge in [-0.05, 0) is 35.4 Å². The van der Waals surface area contributed by atoms with E-state index in [-0.39, 0.29) is 18.9 Å². The molecule has 30 heavy (non-hydrogen) atoms. The zero-order valence-corrected chi connectivity index (χ0v) is 15.7.